The Labute approximate surface area is 135 Å². The number of nitrogens with zero attached hydrogens (tertiary/aromatic N) is 3. The van der Waals surface area contributed by atoms with Gasteiger partial charge in [-0.1, -0.05) is 12.8 Å². The molecule has 1 amide bonds. The average molecular weight is 336 g/mol. The maximum absolute atomic E-state index is 12.1. The first-order valence-electron chi connectivity index (χ1n) is 7.72. The van der Waals surface area contributed by atoms with Crippen molar-refractivity contribution in [1.82, 2.24) is 19.9 Å². The number of nitrogens with one attached hydrogen (secondary N) is 1. The Morgan fingerprint density at radius 3 is 2.78 bits per heavy atom. The third-order valence-electron chi connectivity index (χ3n) is 4.15. The zero-order valence-electron chi connectivity index (χ0n) is 13.0. The Morgan fingerprint density at radius 2 is 2.09 bits per heavy atom. The van der Waals surface area contributed by atoms with E-state index in [0.717, 1.165) is 24.7 Å². The summed E-state index contributed by atoms with van der Waals surface area (Å²) < 4.78 is 24.2. The van der Waals surface area contributed by atoms with Gasteiger partial charge >= 0.3 is 0 Å². The van der Waals surface area contributed by atoms with Crippen molar-refractivity contribution in [2.45, 2.75) is 31.7 Å². The number of aromatic nitrogens is 3. The highest BCUT2D eigenvalue weighted by Crippen LogP contribution is 2.31. The van der Waals surface area contributed by atoms with Crippen LogP contribution in [0, 0.1) is 0 Å². The summed E-state index contributed by atoms with van der Waals surface area (Å²) in [6.45, 7) is 0.0895. The third kappa shape index (κ3) is 3.69. The van der Waals surface area contributed by atoms with Crippen molar-refractivity contribution in [3.63, 3.8) is 0 Å². The minimum Gasteiger partial charge on any atom is -0.351 e. The van der Waals surface area contributed by atoms with Crippen LogP contribution in [0.15, 0.2) is 18.6 Å². The highest BCUT2D eigenvalue weighted by atomic mass is 32.2. The Kier molecular flexibility index (Phi) is 4.34. The minimum atomic E-state index is -3.09. The number of hydrogen-bond donors (Lipinski definition) is 1. The van der Waals surface area contributed by atoms with Crippen molar-refractivity contribution in [2.75, 3.05) is 18.6 Å². The summed E-state index contributed by atoms with van der Waals surface area (Å²) in [7, 11) is -3.09. The largest absolute Gasteiger partial charge is 0.351 e. The standard InChI is InChI=1S/C15H20N4O3S/c1-23(21,22)7-6-16-15(20)11-8-13-14(17-9-11)19(10-18-13)12-4-2-3-5-12/h8-10,12H,2-7H2,1H3,(H,16,20). The highest BCUT2D eigenvalue weighted by molar-refractivity contribution is 7.90. The van der Waals surface area contributed by atoms with Crippen LogP contribution in [0.3, 0.4) is 0 Å². The van der Waals surface area contributed by atoms with Gasteiger partial charge in [0.2, 0.25) is 0 Å². The molecule has 124 valence electrons. The van der Waals surface area contributed by atoms with E-state index in [0.29, 0.717) is 17.1 Å². The molecule has 0 radical (unpaired) electrons. The summed E-state index contributed by atoms with van der Waals surface area (Å²) in [5.41, 5.74) is 1.87. The van der Waals surface area contributed by atoms with Crippen molar-refractivity contribution < 1.29 is 13.2 Å². The van der Waals surface area contributed by atoms with E-state index in [-0.39, 0.29) is 18.2 Å². The van der Waals surface area contributed by atoms with Gasteiger partial charge in [-0.2, -0.15) is 0 Å². The van der Waals surface area contributed by atoms with Gasteiger partial charge in [-0.25, -0.2) is 18.4 Å². The maximum atomic E-state index is 12.1. The molecule has 1 aliphatic carbocycles. The lowest BCUT2D eigenvalue weighted by molar-refractivity contribution is 0.0956. The molecule has 0 spiro atoms. The minimum absolute atomic E-state index is 0.0787. The SMILES string of the molecule is CS(=O)(=O)CCNC(=O)c1cnc2c(c1)ncn2C1CCCC1. The number of pyridine rings is 1. The van der Waals surface area contributed by atoms with Crippen LogP contribution in [0.2, 0.25) is 0 Å². The lowest BCUT2D eigenvalue weighted by Crippen LogP contribution is -2.28. The molecule has 1 fully saturated rings. The molecule has 2 heterocycles. The van der Waals surface area contributed by atoms with Gasteiger partial charge in [0.05, 0.1) is 17.6 Å². The predicted molar refractivity (Wildman–Crippen MR) is 87.1 cm³/mol. The summed E-state index contributed by atoms with van der Waals surface area (Å²) in [5.74, 6) is -0.413. The smallest absolute Gasteiger partial charge is 0.252 e. The molecule has 1 N–H and O–H groups in total. The Hall–Kier alpha value is -1.96. The number of carbonyl (C=O) groups is 1. The van der Waals surface area contributed by atoms with Crippen molar-refractivity contribution >= 4 is 26.9 Å². The lowest BCUT2D eigenvalue weighted by Gasteiger charge is -2.11. The number of hydrogen-bond acceptors (Lipinski definition) is 5. The fourth-order valence-corrected chi connectivity index (χ4v) is 3.42. The zero-order chi connectivity index (χ0) is 16.4. The van der Waals surface area contributed by atoms with Crippen LogP contribution in [-0.2, 0) is 9.84 Å². The molecule has 0 saturated heterocycles. The molecular weight excluding hydrogens is 316 g/mol. The molecule has 0 atom stereocenters. The molecule has 0 unspecified atom stereocenters. The van der Waals surface area contributed by atoms with Crippen LogP contribution in [0.4, 0.5) is 0 Å². The van der Waals surface area contributed by atoms with E-state index < -0.39 is 9.84 Å². The van der Waals surface area contributed by atoms with Crippen LogP contribution in [-0.4, -0.2) is 47.4 Å². The van der Waals surface area contributed by atoms with Gasteiger partial charge in [-0.05, 0) is 18.9 Å². The van der Waals surface area contributed by atoms with E-state index in [1.807, 2.05) is 0 Å². The van der Waals surface area contributed by atoms with E-state index in [4.69, 9.17) is 0 Å². The van der Waals surface area contributed by atoms with E-state index in [1.165, 1.54) is 19.0 Å². The monoisotopic (exact) mass is 336 g/mol. The number of rotatable bonds is 5. The first-order valence-corrected chi connectivity index (χ1v) is 9.78. The second-order valence-electron chi connectivity index (χ2n) is 6.04. The van der Waals surface area contributed by atoms with Gasteiger partial charge in [-0.3, -0.25) is 4.79 Å². The van der Waals surface area contributed by atoms with E-state index in [1.54, 1.807) is 12.4 Å². The van der Waals surface area contributed by atoms with Gasteiger partial charge < -0.3 is 9.88 Å². The molecule has 2 aromatic rings. The van der Waals surface area contributed by atoms with Gasteiger partial charge in [0.1, 0.15) is 15.4 Å². The van der Waals surface area contributed by atoms with Crippen molar-refractivity contribution in [2.24, 2.45) is 0 Å². The first-order chi connectivity index (χ1) is 10.9. The average Bonchev–Trinajstić information content (AvgIpc) is 3.13. The second-order valence-corrected chi connectivity index (χ2v) is 8.30. The van der Waals surface area contributed by atoms with Crippen LogP contribution in [0.25, 0.3) is 11.2 Å². The van der Waals surface area contributed by atoms with Gasteiger partial charge in [-0.15, -0.1) is 0 Å². The normalized spacial score (nSPS) is 16.0. The van der Waals surface area contributed by atoms with Crippen molar-refractivity contribution in [3.8, 4) is 0 Å². The molecule has 0 aliphatic heterocycles. The lowest BCUT2D eigenvalue weighted by atomic mass is 10.2. The van der Waals surface area contributed by atoms with Crippen LogP contribution >= 0.6 is 0 Å². The number of fused-ring (bicyclic) bond motifs is 1. The Balaban J connectivity index is 1.74. The van der Waals surface area contributed by atoms with Crippen molar-refractivity contribution in [3.05, 3.63) is 24.2 Å². The Morgan fingerprint density at radius 1 is 1.35 bits per heavy atom. The third-order valence-corrected chi connectivity index (χ3v) is 5.10. The second kappa shape index (κ2) is 6.27. The molecule has 23 heavy (non-hydrogen) atoms. The maximum Gasteiger partial charge on any atom is 0.252 e. The highest BCUT2D eigenvalue weighted by Gasteiger charge is 2.20. The summed E-state index contributed by atoms with van der Waals surface area (Å²) in [6.07, 6.45) is 9.19. The predicted octanol–water partition coefficient (Wildman–Crippen LogP) is 1.32. The summed E-state index contributed by atoms with van der Waals surface area (Å²) >= 11 is 0. The molecule has 7 nitrogen and oxygen atoms in total. The molecule has 8 heteroatoms. The fourth-order valence-electron chi connectivity index (χ4n) is 2.94. The van der Waals surface area contributed by atoms with Crippen molar-refractivity contribution in [1.29, 1.82) is 0 Å². The molecule has 3 rings (SSSR count). The number of imidazole rings is 1. The fraction of sp³-hybridized carbons (Fsp3) is 0.533. The van der Waals surface area contributed by atoms with Crippen LogP contribution < -0.4 is 5.32 Å². The Bertz CT molecular complexity index is 822. The van der Waals surface area contributed by atoms with Crippen LogP contribution in [0.5, 0.6) is 0 Å². The topological polar surface area (TPSA) is 93.9 Å². The van der Waals surface area contributed by atoms with E-state index in [9.17, 15) is 13.2 Å². The molecule has 1 saturated carbocycles. The van der Waals surface area contributed by atoms with E-state index in [2.05, 4.69) is 19.9 Å². The number of sulfone groups is 1. The number of carbonyl (C=O) groups excluding carboxylic acids is 1. The van der Waals surface area contributed by atoms with Crippen LogP contribution in [0.1, 0.15) is 42.1 Å². The summed E-state index contributed by atoms with van der Waals surface area (Å²) in [6, 6.07) is 2.14. The summed E-state index contributed by atoms with van der Waals surface area (Å²) in [5, 5.41) is 2.59. The molecular formula is C15H20N4O3S. The summed E-state index contributed by atoms with van der Waals surface area (Å²) in [4.78, 5) is 20.8. The molecule has 2 aromatic heterocycles. The van der Waals surface area contributed by atoms with E-state index >= 15 is 0 Å². The first kappa shape index (κ1) is 15.9. The van der Waals surface area contributed by atoms with Gasteiger partial charge in [0.15, 0.2) is 5.65 Å². The molecule has 0 aromatic carbocycles. The van der Waals surface area contributed by atoms with Gasteiger partial charge in [0, 0.05) is 25.0 Å². The molecule has 1 aliphatic rings. The number of amides is 1. The quantitative estimate of drug-likeness (QED) is 0.889. The molecule has 0 bridgehead atoms. The van der Waals surface area contributed by atoms with Gasteiger partial charge in [0.25, 0.3) is 5.91 Å². The zero-order valence-corrected chi connectivity index (χ0v) is 13.8.